The molecule has 0 bridgehead atoms. The Balaban J connectivity index is 2.54. The summed E-state index contributed by atoms with van der Waals surface area (Å²) in [4.78, 5) is 13.0. The van der Waals surface area contributed by atoms with Crippen LogP contribution in [-0.2, 0) is 9.53 Å². The number of unbranched alkanes of at least 4 members (excludes halogenated alkanes) is 1. The third-order valence-corrected chi connectivity index (χ3v) is 3.62. The number of ether oxygens (including phenoxy) is 1. The van der Waals surface area contributed by atoms with E-state index >= 15 is 0 Å². The maximum absolute atomic E-state index is 11.2. The zero-order valence-electron chi connectivity index (χ0n) is 11.4. The van der Waals surface area contributed by atoms with Crippen LogP contribution in [0.3, 0.4) is 0 Å². The molecule has 0 radical (unpaired) electrons. The molecule has 2 N–H and O–H groups in total. The number of aliphatic hydroxyl groups is 1. The smallest absolute Gasteiger partial charge is 0.320 e. The van der Waals surface area contributed by atoms with Gasteiger partial charge in [-0.3, -0.25) is 9.69 Å². The van der Waals surface area contributed by atoms with Gasteiger partial charge in [-0.15, -0.1) is 0 Å². The largest absolute Gasteiger partial charge is 0.480 e. The number of rotatable bonds is 7. The van der Waals surface area contributed by atoms with E-state index in [0.29, 0.717) is 39.0 Å². The van der Waals surface area contributed by atoms with Gasteiger partial charge in [0, 0.05) is 32.6 Å². The van der Waals surface area contributed by atoms with E-state index < -0.39 is 17.6 Å². The zero-order valence-corrected chi connectivity index (χ0v) is 11.4. The van der Waals surface area contributed by atoms with E-state index in [-0.39, 0.29) is 0 Å². The Bertz CT molecular complexity index is 264. The van der Waals surface area contributed by atoms with Crippen molar-refractivity contribution in [1.29, 1.82) is 0 Å². The Morgan fingerprint density at radius 2 is 2.06 bits per heavy atom. The molecule has 0 aromatic heterocycles. The number of carboxylic acids is 1. The lowest BCUT2D eigenvalue weighted by molar-refractivity contribution is -0.145. The van der Waals surface area contributed by atoms with E-state index in [4.69, 9.17) is 4.74 Å². The number of likely N-dealkylation sites (N-methyl/N-ethyl adjacent to an activating group) is 1. The molecule has 0 aliphatic carbocycles. The minimum Gasteiger partial charge on any atom is -0.480 e. The van der Waals surface area contributed by atoms with Gasteiger partial charge in [-0.25, -0.2) is 0 Å². The predicted octanol–water partition coefficient (Wildman–Crippen LogP) is 1.10. The Morgan fingerprint density at radius 3 is 2.56 bits per heavy atom. The molecule has 5 nitrogen and oxygen atoms in total. The number of hydrogen-bond acceptors (Lipinski definition) is 4. The van der Waals surface area contributed by atoms with Gasteiger partial charge in [0.15, 0.2) is 0 Å². The van der Waals surface area contributed by atoms with Crippen molar-refractivity contribution in [2.75, 3.05) is 26.8 Å². The second-order valence-corrected chi connectivity index (χ2v) is 5.25. The fourth-order valence-corrected chi connectivity index (χ4v) is 2.41. The first-order valence-electron chi connectivity index (χ1n) is 6.72. The van der Waals surface area contributed by atoms with E-state index in [1.165, 1.54) is 0 Å². The van der Waals surface area contributed by atoms with E-state index in [1.54, 1.807) is 11.9 Å². The van der Waals surface area contributed by atoms with Crippen LogP contribution in [0.4, 0.5) is 0 Å². The van der Waals surface area contributed by atoms with E-state index in [0.717, 1.165) is 12.8 Å². The van der Waals surface area contributed by atoms with Gasteiger partial charge >= 0.3 is 5.97 Å². The van der Waals surface area contributed by atoms with Gasteiger partial charge in [-0.2, -0.15) is 0 Å². The molecule has 0 amide bonds. The van der Waals surface area contributed by atoms with Gasteiger partial charge in [0.1, 0.15) is 6.04 Å². The topological polar surface area (TPSA) is 70.0 Å². The summed E-state index contributed by atoms with van der Waals surface area (Å²) in [7, 11) is 1.78. The summed E-state index contributed by atoms with van der Waals surface area (Å²) < 4.78 is 5.22. The van der Waals surface area contributed by atoms with Gasteiger partial charge in [0.25, 0.3) is 0 Å². The quantitative estimate of drug-likeness (QED) is 0.716. The Labute approximate surface area is 109 Å². The molecule has 18 heavy (non-hydrogen) atoms. The normalized spacial score (nSPS) is 20.9. The average Bonchev–Trinajstić information content (AvgIpc) is 2.29. The standard InChI is InChI=1S/C13H25NO4/c1-3-4-5-11(12(15)16)14(2)10-13(17)6-8-18-9-7-13/h11,17H,3-10H2,1-2H3,(H,15,16). The maximum atomic E-state index is 11.2. The molecule has 0 aromatic rings. The summed E-state index contributed by atoms with van der Waals surface area (Å²) in [6.07, 6.45) is 3.67. The minimum absolute atomic E-state index is 0.400. The fourth-order valence-electron chi connectivity index (χ4n) is 2.41. The molecule has 1 atom stereocenters. The lowest BCUT2D eigenvalue weighted by Gasteiger charge is -2.37. The van der Waals surface area contributed by atoms with Crippen LogP contribution in [0.25, 0.3) is 0 Å². The molecular formula is C13H25NO4. The van der Waals surface area contributed by atoms with Crippen LogP contribution in [0.5, 0.6) is 0 Å². The molecule has 1 aliphatic rings. The molecule has 1 fully saturated rings. The van der Waals surface area contributed by atoms with Crippen LogP contribution >= 0.6 is 0 Å². The number of aliphatic carboxylic acids is 1. The fraction of sp³-hybridized carbons (Fsp3) is 0.923. The van der Waals surface area contributed by atoms with Gasteiger partial charge in [-0.1, -0.05) is 19.8 Å². The zero-order chi connectivity index (χ0) is 13.6. The summed E-state index contributed by atoms with van der Waals surface area (Å²) in [5.74, 6) is -0.804. The van der Waals surface area contributed by atoms with Crippen molar-refractivity contribution in [3.63, 3.8) is 0 Å². The van der Waals surface area contributed by atoms with Crippen LogP contribution in [0.2, 0.25) is 0 Å². The molecule has 0 saturated carbocycles. The SMILES string of the molecule is CCCCC(C(=O)O)N(C)CC1(O)CCOCC1. The van der Waals surface area contributed by atoms with Gasteiger partial charge in [-0.05, 0) is 13.5 Å². The summed E-state index contributed by atoms with van der Waals surface area (Å²) in [5.41, 5.74) is -0.799. The first-order valence-corrected chi connectivity index (χ1v) is 6.72. The second-order valence-electron chi connectivity index (χ2n) is 5.25. The van der Waals surface area contributed by atoms with Crippen LogP contribution in [0, 0.1) is 0 Å². The minimum atomic E-state index is -0.804. The molecule has 1 unspecified atom stereocenters. The third-order valence-electron chi connectivity index (χ3n) is 3.62. The Hall–Kier alpha value is -0.650. The molecule has 1 saturated heterocycles. The first kappa shape index (κ1) is 15.4. The van der Waals surface area contributed by atoms with Crippen LogP contribution in [0.1, 0.15) is 39.0 Å². The molecule has 106 valence electrons. The Morgan fingerprint density at radius 1 is 1.44 bits per heavy atom. The van der Waals surface area contributed by atoms with Gasteiger partial charge < -0.3 is 14.9 Å². The lowest BCUT2D eigenvalue weighted by Crippen LogP contribution is -2.50. The average molecular weight is 259 g/mol. The van der Waals surface area contributed by atoms with Crippen LogP contribution < -0.4 is 0 Å². The molecular weight excluding hydrogens is 234 g/mol. The van der Waals surface area contributed by atoms with Crippen LogP contribution in [0.15, 0.2) is 0 Å². The van der Waals surface area contributed by atoms with Crippen molar-refractivity contribution in [3.05, 3.63) is 0 Å². The van der Waals surface area contributed by atoms with Crippen molar-refractivity contribution >= 4 is 5.97 Å². The summed E-state index contributed by atoms with van der Waals surface area (Å²) in [5, 5.41) is 19.6. The van der Waals surface area contributed by atoms with Gasteiger partial charge in [0.05, 0.1) is 5.60 Å². The summed E-state index contributed by atoms with van der Waals surface area (Å²) in [6, 6.07) is -0.503. The molecule has 0 spiro atoms. The second kappa shape index (κ2) is 7.07. The summed E-state index contributed by atoms with van der Waals surface area (Å²) in [6.45, 7) is 3.55. The highest BCUT2D eigenvalue weighted by atomic mass is 16.5. The number of hydrogen-bond donors (Lipinski definition) is 2. The number of carbonyl (C=O) groups is 1. The lowest BCUT2D eigenvalue weighted by atomic mass is 9.93. The first-order chi connectivity index (χ1) is 8.48. The van der Waals surface area contributed by atoms with E-state index in [1.807, 2.05) is 6.92 Å². The van der Waals surface area contributed by atoms with E-state index in [9.17, 15) is 15.0 Å². The highest BCUT2D eigenvalue weighted by Crippen LogP contribution is 2.22. The number of carboxylic acid groups (broad SMARTS) is 1. The molecule has 5 heteroatoms. The molecule has 1 aliphatic heterocycles. The van der Waals surface area contributed by atoms with Crippen molar-refractivity contribution in [3.8, 4) is 0 Å². The van der Waals surface area contributed by atoms with Crippen LogP contribution in [-0.4, -0.2) is 59.5 Å². The van der Waals surface area contributed by atoms with Crippen molar-refractivity contribution in [1.82, 2.24) is 4.90 Å². The van der Waals surface area contributed by atoms with E-state index in [2.05, 4.69) is 0 Å². The molecule has 1 rings (SSSR count). The number of nitrogens with zero attached hydrogens (tertiary/aromatic N) is 1. The molecule has 0 aromatic carbocycles. The maximum Gasteiger partial charge on any atom is 0.320 e. The van der Waals surface area contributed by atoms with Gasteiger partial charge in [0.2, 0.25) is 0 Å². The summed E-state index contributed by atoms with van der Waals surface area (Å²) >= 11 is 0. The van der Waals surface area contributed by atoms with Crippen molar-refractivity contribution in [2.45, 2.75) is 50.7 Å². The van der Waals surface area contributed by atoms with Crippen molar-refractivity contribution < 1.29 is 19.7 Å². The predicted molar refractivity (Wildman–Crippen MR) is 68.6 cm³/mol. The van der Waals surface area contributed by atoms with Crippen molar-refractivity contribution in [2.24, 2.45) is 0 Å². The monoisotopic (exact) mass is 259 g/mol. The Kier molecular flexibility index (Phi) is 6.05. The third kappa shape index (κ3) is 4.55. The highest BCUT2D eigenvalue weighted by Gasteiger charge is 2.34. The molecule has 1 heterocycles. The highest BCUT2D eigenvalue weighted by molar-refractivity contribution is 5.73.